The van der Waals surface area contributed by atoms with Crippen LogP contribution in [0.4, 0.5) is 16.2 Å². The molecule has 10 heteroatoms. The van der Waals surface area contributed by atoms with Crippen LogP contribution >= 0.6 is 0 Å². The molecule has 214 valence electrons. The molecule has 10 nitrogen and oxygen atoms in total. The molecule has 0 bridgehead atoms. The number of nitrogens with zero attached hydrogens (tertiary/aromatic N) is 1. The van der Waals surface area contributed by atoms with Crippen LogP contribution in [-0.2, 0) is 32.0 Å². The lowest BCUT2D eigenvalue weighted by Crippen LogP contribution is -2.38. The molecule has 0 unspecified atom stereocenters. The Morgan fingerprint density at radius 1 is 1.10 bits per heavy atom. The monoisotopic (exact) mass is 551 g/mol. The number of amides is 2. The van der Waals surface area contributed by atoms with Crippen LogP contribution in [0.25, 0.3) is 0 Å². The molecule has 0 aromatic heterocycles. The molecule has 0 saturated carbocycles. The maximum Gasteiger partial charge on any atom is 0.341 e. The van der Waals surface area contributed by atoms with Crippen molar-refractivity contribution in [2.75, 3.05) is 57.2 Å². The summed E-state index contributed by atoms with van der Waals surface area (Å²) in [6.07, 6.45) is 3.15. The van der Waals surface area contributed by atoms with E-state index in [1.165, 1.54) is 0 Å². The van der Waals surface area contributed by atoms with Crippen molar-refractivity contribution < 1.29 is 33.3 Å². The number of carbonyl (C=O) groups is 3. The topological polar surface area (TPSA) is 115 Å². The zero-order valence-corrected chi connectivity index (χ0v) is 23.3. The highest BCUT2D eigenvalue weighted by atomic mass is 16.5. The Kier molecular flexibility index (Phi) is 10.2. The molecule has 2 amide bonds. The number of allylic oxidation sites excluding steroid dienone is 2. The van der Waals surface area contributed by atoms with Gasteiger partial charge in [-0.1, -0.05) is 29.8 Å². The Morgan fingerprint density at radius 3 is 2.58 bits per heavy atom. The van der Waals surface area contributed by atoms with Crippen molar-refractivity contribution in [3.8, 4) is 5.75 Å². The minimum atomic E-state index is -0.488. The number of cyclic esters (lactones) is 1. The molecule has 4 rings (SSSR count). The second-order valence-electron chi connectivity index (χ2n) is 9.82. The second kappa shape index (κ2) is 14.0. The first-order valence-electron chi connectivity index (χ1n) is 13.5. The van der Waals surface area contributed by atoms with E-state index in [1.54, 1.807) is 19.2 Å². The van der Waals surface area contributed by atoms with E-state index < -0.39 is 12.0 Å². The van der Waals surface area contributed by atoms with Gasteiger partial charge in [0.25, 0.3) is 0 Å². The maximum absolute atomic E-state index is 12.9. The molecule has 2 N–H and O–H groups in total. The summed E-state index contributed by atoms with van der Waals surface area (Å²) >= 11 is 0. The first kappa shape index (κ1) is 29.1. The van der Waals surface area contributed by atoms with Crippen molar-refractivity contribution in [1.29, 1.82) is 0 Å². The second-order valence-corrected chi connectivity index (χ2v) is 9.82. The predicted molar refractivity (Wildman–Crippen MR) is 151 cm³/mol. The van der Waals surface area contributed by atoms with Crippen LogP contribution in [0.2, 0.25) is 0 Å². The number of hydrogen-bond donors (Lipinski definition) is 2. The fraction of sp³-hybridized carbons (Fsp3) is 0.433. The lowest BCUT2D eigenvalue weighted by atomic mass is 9.93. The largest absolute Gasteiger partial charge is 0.496 e. The van der Waals surface area contributed by atoms with Crippen LogP contribution in [0.1, 0.15) is 46.8 Å². The summed E-state index contributed by atoms with van der Waals surface area (Å²) < 4.78 is 21.8. The molecule has 2 aromatic carbocycles. The standard InChI is InChI=1S/C30H37N3O7/c1-20(10-12-25(34)39-18-15-33-13-16-38-17-14-33)9-11-23-27(32-30(36)31-22-7-5-4-6-8-22)26-24(19-40-29(26)35)21(2)28(23)37-3/h4-9H,10-19H2,1-3H3,(H2,31,32,36)/b20-9+. The number of urea groups is 1. The van der Waals surface area contributed by atoms with Gasteiger partial charge >= 0.3 is 18.0 Å². The van der Waals surface area contributed by atoms with Gasteiger partial charge < -0.3 is 29.6 Å². The van der Waals surface area contributed by atoms with Crippen molar-refractivity contribution in [2.45, 2.75) is 39.7 Å². The van der Waals surface area contributed by atoms with Crippen LogP contribution in [-0.4, -0.2) is 69.4 Å². The summed E-state index contributed by atoms with van der Waals surface area (Å²) in [6, 6.07) is 8.55. The van der Waals surface area contributed by atoms with Gasteiger partial charge in [0.2, 0.25) is 0 Å². The number of carbonyl (C=O) groups excluding carboxylic acids is 3. The molecule has 40 heavy (non-hydrogen) atoms. The number of morpholine rings is 1. The first-order chi connectivity index (χ1) is 19.4. The average molecular weight is 552 g/mol. The molecule has 0 aliphatic carbocycles. The summed E-state index contributed by atoms with van der Waals surface area (Å²) in [5.41, 5.74) is 4.45. The molecule has 1 fully saturated rings. The maximum atomic E-state index is 12.9. The number of anilines is 2. The summed E-state index contributed by atoms with van der Waals surface area (Å²) in [4.78, 5) is 40.2. The van der Waals surface area contributed by atoms with Crippen LogP contribution in [0, 0.1) is 6.92 Å². The number of fused-ring (bicyclic) bond motifs is 1. The zero-order chi connectivity index (χ0) is 28.5. The first-order valence-corrected chi connectivity index (χ1v) is 13.5. The van der Waals surface area contributed by atoms with Crippen molar-refractivity contribution in [1.82, 2.24) is 4.90 Å². The number of rotatable bonds is 11. The van der Waals surface area contributed by atoms with E-state index in [1.807, 2.05) is 38.1 Å². The van der Waals surface area contributed by atoms with E-state index in [9.17, 15) is 14.4 Å². The molecule has 1 saturated heterocycles. The quantitative estimate of drug-likeness (QED) is 0.311. The normalized spacial score (nSPS) is 15.3. The molecule has 2 aliphatic rings. The lowest BCUT2D eigenvalue weighted by molar-refractivity contribution is -0.144. The number of methoxy groups -OCH3 is 1. The van der Waals surface area contributed by atoms with Gasteiger partial charge in [0.1, 0.15) is 19.0 Å². The summed E-state index contributed by atoms with van der Waals surface area (Å²) in [5.74, 6) is -0.147. The predicted octanol–water partition coefficient (Wildman–Crippen LogP) is 4.46. The van der Waals surface area contributed by atoms with Crippen molar-refractivity contribution in [3.63, 3.8) is 0 Å². The molecule has 0 atom stereocenters. The number of para-hydroxylation sites is 1. The van der Waals surface area contributed by atoms with E-state index >= 15 is 0 Å². The van der Waals surface area contributed by atoms with Gasteiger partial charge in [0, 0.05) is 42.9 Å². The van der Waals surface area contributed by atoms with Crippen molar-refractivity contribution in [2.24, 2.45) is 0 Å². The highest BCUT2D eigenvalue weighted by molar-refractivity contribution is 6.08. The number of benzene rings is 2. The smallest absolute Gasteiger partial charge is 0.341 e. The number of hydrogen-bond acceptors (Lipinski definition) is 8. The number of ether oxygens (including phenoxy) is 4. The summed E-state index contributed by atoms with van der Waals surface area (Å²) in [6.45, 7) is 8.14. The van der Waals surface area contributed by atoms with Crippen LogP contribution in [0.3, 0.4) is 0 Å². The van der Waals surface area contributed by atoms with E-state index in [-0.39, 0.29) is 19.0 Å². The fourth-order valence-electron chi connectivity index (χ4n) is 4.85. The van der Waals surface area contributed by atoms with Gasteiger partial charge in [0.05, 0.1) is 31.6 Å². The van der Waals surface area contributed by atoms with E-state index in [4.69, 9.17) is 18.9 Å². The molecule has 2 heterocycles. The third-order valence-corrected chi connectivity index (χ3v) is 7.10. The molecular weight excluding hydrogens is 514 g/mol. The van der Waals surface area contributed by atoms with E-state index in [0.29, 0.717) is 73.0 Å². The molecule has 2 aromatic rings. The Morgan fingerprint density at radius 2 is 1.85 bits per heavy atom. The SMILES string of the molecule is COc1c(C)c2c(c(NC(=O)Nc3ccccc3)c1C/C=C(\C)CCC(=O)OCCN1CCOCC1)C(=O)OC2. The van der Waals surface area contributed by atoms with Crippen molar-refractivity contribution in [3.05, 3.63) is 64.2 Å². The zero-order valence-electron chi connectivity index (χ0n) is 23.3. The molecule has 2 aliphatic heterocycles. The highest BCUT2D eigenvalue weighted by Gasteiger charge is 2.32. The van der Waals surface area contributed by atoms with E-state index in [2.05, 4.69) is 15.5 Å². The Hall–Kier alpha value is -3.89. The number of nitrogens with one attached hydrogen (secondary N) is 2. The lowest BCUT2D eigenvalue weighted by Gasteiger charge is -2.26. The van der Waals surface area contributed by atoms with Gasteiger partial charge in [0.15, 0.2) is 0 Å². The third kappa shape index (κ3) is 7.40. The summed E-state index contributed by atoms with van der Waals surface area (Å²) in [5, 5.41) is 5.66. The summed E-state index contributed by atoms with van der Waals surface area (Å²) in [7, 11) is 1.56. The number of esters is 2. The van der Waals surface area contributed by atoms with E-state index in [0.717, 1.165) is 24.2 Å². The third-order valence-electron chi connectivity index (χ3n) is 7.10. The van der Waals surface area contributed by atoms with Gasteiger partial charge in [-0.15, -0.1) is 0 Å². The minimum absolute atomic E-state index is 0.119. The van der Waals surface area contributed by atoms with Gasteiger partial charge in [-0.3, -0.25) is 9.69 Å². The van der Waals surface area contributed by atoms with Crippen LogP contribution < -0.4 is 15.4 Å². The van der Waals surface area contributed by atoms with Gasteiger partial charge in [-0.25, -0.2) is 9.59 Å². The Labute approximate surface area is 234 Å². The average Bonchev–Trinajstić information content (AvgIpc) is 3.35. The van der Waals surface area contributed by atoms with Gasteiger partial charge in [-0.05, 0) is 44.4 Å². The van der Waals surface area contributed by atoms with Crippen LogP contribution in [0.15, 0.2) is 42.0 Å². The van der Waals surface area contributed by atoms with Crippen LogP contribution in [0.5, 0.6) is 5.75 Å². The highest BCUT2D eigenvalue weighted by Crippen LogP contribution is 2.41. The fourth-order valence-corrected chi connectivity index (χ4v) is 4.85. The van der Waals surface area contributed by atoms with Crippen molar-refractivity contribution >= 4 is 29.3 Å². The van der Waals surface area contributed by atoms with Gasteiger partial charge in [-0.2, -0.15) is 0 Å². The molecule has 0 spiro atoms. The Balaban J connectivity index is 1.44. The molecule has 0 radical (unpaired) electrons. The molecular formula is C30H37N3O7. The minimum Gasteiger partial charge on any atom is -0.496 e. The Bertz CT molecular complexity index is 1250.